The number of anilines is 1. The third-order valence-electron chi connectivity index (χ3n) is 5.16. The summed E-state index contributed by atoms with van der Waals surface area (Å²) in [6.45, 7) is 1.05. The minimum atomic E-state index is -3.57. The highest BCUT2D eigenvalue weighted by atomic mass is 32.2. The summed E-state index contributed by atoms with van der Waals surface area (Å²) in [6.07, 6.45) is 3.22. The van der Waals surface area contributed by atoms with Crippen LogP contribution in [-0.4, -0.2) is 36.3 Å². The molecule has 6 nitrogen and oxygen atoms in total. The van der Waals surface area contributed by atoms with Gasteiger partial charge in [-0.1, -0.05) is 36.1 Å². The summed E-state index contributed by atoms with van der Waals surface area (Å²) >= 11 is 0. The Morgan fingerprint density at radius 3 is 2.35 bits per heavy atom. The van der Waals surface area contributed by atoms with Crippen LogP contribution in [0.3, 0.4) is 0 Å². The van der Waals surface area contributed by atoms with Crippen molar-refractivity contribution in [3.05, 3.63) is 83.7 Å². The van der Waals surface area contributed by atoms with Gasteiger partial charge < -0.3 is 9.88 Å². The fraction of sp³-hybridized carbons (Fsp3) is 0.208. The molecule has 7 heteroatoms. The molecular weight excluding hydrogens is 410 g/mol. The second-order valence-corrected chi connectivity index (χ2v) is 9.37. The summed E-state index contributed by atoms with van der Waals surface area (Å²) in [5, 5.41) is 2.84. The van der Waals surface area contributed by atoms with Crippen molar-refractivity contribution in [3.8, 4) is 11.8 Å². The summed E-state index contributed by atoms with van der Waals surface area (Å²) in [4.78, 5) is 13.0. The average molecular weight is 434 g/mol. The third-order valence-corrected chi connectivity index (χ3v) is 7.02. The molecule has 0 bridgehead atoms. The van der Waals surface area contributed by atoms with Crippen molar-refractivity contribution in [3.63, 3.8) is 0 Å². The molecule has 0 spiro atoms. The van der Waals surface area contributed by atoms with Gasteiger partial charge in [-0.15, -0.1) is 0 Å². The Hall–Kier alpha value is -3.34. The Morgan fingerprint density at radius 2 is 1.61 bits per heavy atom. The van der Waals surface area contributed by atoms with E-state index >= 15 is 0 Å². The molecule has 2 heterocycles. The highest BCUT2D eigenvalue weighted by Gasteiger charge is 2.29. The summed E-state index contributed by atoms with van der Waals surface area (Å²) in [5.41, 5.74) is 2.55. The molecule has 1 N–H and O–H groups in total. The van der Waals surface area contributed by atoms with Crippen molar-refractivity contribution in [2.24, 2.45) is 7.05 Å². The summed E-state index contributed by atoms with van der Waals surface area (Å²) in [7, 11) is -1.91. The summed E-state index contributed by atoms with van der Waals surface area (Å²) in [5.74, 6) is 5.80. The van der Waals surface area contributed by atoms with E-state index in [9.17, 15) is 13.2 Å². The van der Waals surface area contributed by atoms with Crippen molar-refractivity contribution in [2.45, 2.75) is 17.7 Å². The van der Waals surface area contributed by atoms with Gasteiger partial charge >= 0.3 is 0 Å². The van der Waals surface area contributed by atoms with E-state index in [-0.39, 0.29) is 16.5 Å². The minimum Gasteiger partial charge on any atom is -0.345 e. The molecule has 0 aliphatic carbocycles. The van der Waals surface area contributed by atoms with E-state index in [1.807, 2.05) is 42.5 Å². The van der Waals surface area contributed by atoms with Crippen LogP contribution >= 0.6 is 0 Å². The van der Waals surface area contributed by atoms with Crippen molar-refractivity contribution in [1.82, 2.24) is 8.87 Å². The van der Waals surface area contributed by atoms with Gasteiger partial charge in [-0.2, -0.15) is 4.31 Å². The number of hydrogen-bond donors (Lipinski definition) is 1. The smallest absolute Gasteiger partial charge is 0.272 e. The second kappa shape index (κ2) is 8.80. The second-order valence-electron chi connectivity index (χ2n) is 7.43. The first kappa shape index (κ1) is 20.9. The molecule has 0 saturated carbocycles. The average Bonchev–Trinajstić information content (AvgIpc) is 3.44. The minimum absolute atomic E-state index is 0.143. The largest absolute Gasteiger partial charge is 0.345 e. The number of nitrogens with zero attached hydrogens (tertiary/aromatic N) is 2. The maximum atomic E-state index is 12.8. The maximum absolute atomic E-state index is 12.8. The lowest BCUT2D eigenvalue weighted by molar-refractivity contribution is 0.101. The molecule has 1 fully saturated rings. The first-order valence-electron chi connectivity index (χ1n) is 10.1. The van der Waals surface area contributed by atoms with Gasteiger partial charge in [-0.05, 0) is 49.2 Å². The van der Waals surface area contributed by atoms with Crippen LogP contribution in [0, 0.1) is 11.8 Å². The van der Waals surface area contributed by atoms with E-state index in [2.05, 4.69) is 17.2 Å². The van der Waals surface area contributed by atoms with Crippen LogP contribution in [0.15, 0.2) is 71.8 Å². The zero-order valence-electron chi connectivity index (χ0n) is 17.2. The molecule has 4 rings (SSSR count). The molecule has 2 aromatic carbocycles. The fourth-order valence-electron chi connectivity index (χ4n) is 3.51. The molecule has 1 aliphatic rings. The van der Waals surface area contributed by atoms with Gasteiger partial charge in [-0.25, -0.2) is 8.42 Å². The van der Waals surface area contributed by atoms with Gasteiger partial charge in [0.1, 0.15) is 10.6 Å². The summed E-state index contributed by atoms with van der Waals surface area (Å²) in [6, 6.07) is 18.3. The SMILES string of the molecule is Cn1cc(S(=O)(=O)N2CCCC2)cc1C(=O)Nc1cccc(C#Cc2ccccc2)c1. The maximum Gasteiger partial charge on any atom is 0.272 e. The lowest BCUT2D eigenvalue weighted by Crippen LogP contribution is -2.27. The molecule has 0 radical (unpaired) electrons. The topological polar surface area (TPSA) is 71.4 Å². The van der Waals surface area contributed by atoms with E-state index in [0.29, 0.717) is 18.8 Å². The van der Waals surface area contributed by atoms with Crippen LogP contribution in [0.5, 0.6) is 0 Å². The van der Waals surface area contributed by atoms with E-state index in [0.717, 1.165) is 24.0 Å². The Labute approximate surface area is 182 Å². The lowest BCUT2D eigenvalue weighted by Gasteiger charge is -2.13. The predicted molar refractivity (Wildman–Crippen MR) is 120 cm³/mol. The number of carbonyl (C=O) groups is 1. The molecule has 0 unspecified atom stereocenters. The Balaban J connectivity index is 1.51. The van der Waals surface area contributed by atoms with Crippen LogP contribution in [-0.2, 0) is 17.1 Å². The third kappa shape index (κ3) is 4.71. The highest BCUT2D eigenvalue weighted by molar-refractivity contribution is 7.89. The van der Waals surface area contributed by atoms with Crippen molar-refractivity contribution in [1.29, 1.82) is 0 Å². The lowest BCUT2D eigenvalue weighted by atomic mass is 10.1. The Bertz CT molecular complexity index is 1260. The van der Waals surface area contributed by atoms with Gasteiger partial charge in [0.05, 0.1) is 0 Å². The van der Waals surface area contributed by atoms with Gasteiger partial charge in [0, 0.05) is 43.1 Å². The normalized spacial score (nSPS) is 14.1. The van der Waals surface area contributed by atoms with Gasteiger partial charge in [0.15, 0.2) is 0 Å². The quantitative estimate of drug-likeness (QED) is 0.641. The molecule has 0 atom stereocenters. The Kier molecular flexibility index (Phi) is 5.94. The fourth-order valence-corrected chi connectivity index (χ4v) is 5.10. The highest BCUT2D eigenvalue weighted by Crippen LogP contribution is 2.23. The van der Waals surface area contributed by atoms with Crippen LogP contribution in [0.4, 0.5) is 5.69 Å². The number of aromatic nitrogens is 1. The monoisotopic (exact) mass is 433 g/mol. The van der Waals surface area contributed by atoms with E-state index in [1.165, 1.54) is 21.1 Å². The van der Waals surface area contributed by atoms with Crippen LogP contribution in [0.25, 0.3) is 0 Å². The number of amides is 1. The zero-order chi connectivity index (χ0) is 21.8. The van der Waals surface area contributed by atoms with Gasteiger partial charge in [0.2, 0.25) is 10.0 Å². The molecule has 1 aliphatic heterocycles. The number of hydrogen-bond acceptors (Lipinski definition) is 3. The zero-order valence-corrected chi connectivity index (χ0v) is 18.0. The number of rotatable bonds is 4. The molecule has 1 saturated heterocycles. The van der Waals surface area contributed by atoms with E-state index < -0.39 is 10.0 Å². The first-order chi connectivity index (χ1) is 14.9. The van der Waals surface area contributed by atoms with Gasteiger partial charge in [-0.3, -0.25) is 4.79 Å². The molecule has 3 aromatic rings. The molecule has 1 aromatic heterocycles. The first-order valence-corrected chi connectivity index (χ1v) is 11.5. The predicted octanol–water partition coefficient (Wildman–Crippen LogP) is 3.46. The van der Waals surface area contributed by atoms with Crippen molar-refractivity contribution in [2.75, 3.05) is 18.4 Å². The van der Waals surface area contributed by atoms with Crippen molar-refractivity contribution >= 4 is 21.6 Å². The molecule has 31 heavy (non-hydrogen) atoms. The molecular formula is C24H23N3O3S. The van der Waals surface area contributed by atoms with Crippen molar-refractivity contribution < 1.29 is 13.2 Å². The standard InChI is InChI=1S/C24H23N3O3S/c1-26-18-22(31(29,30)27-14-5-6-15-27)17-23(26)24(28)25-21-11-7-10-20(16-21)13-12-19-8-3-2-4-9-19/h2-4,7-11,16-18H,5-6,14-15H2,1H3,(H,25,28). The molecule has 1 amide bonds. The molecule has 158 valence electrons. The number of aryl methyl sites for hydroxylation is 1. The van der Waals surface area contributed by atoms with Crippen LogP contribution in [0.2, 0.25) is 0 Å². The van der Waals surface area contributed by atoms with E-state index in [1.54, 1.807) is 19.2 Å². The number of carbonyl (C=O) groups excluding carboxylic acids is 1. The van der Waals surface area contributed by atoms with Crippen LogP contribution in [0.1, 0.15) is 34.5 Å². The summed E-state index contributed by atoms with van der Waals surface area (Å²) < 4.78 is 28.6. The van der Waals surface area contributed by atoms with Crippen LogP contribution < -0.4 is 5.32 Å². The number of benzene rings is 2. The van der Waals surface area contributed by atoms with E-state index in [4.69, 9.17) is 0 Å². The number of sulfonamides is 1. The van der Waals surface area contributed by atoms with Gasteiger partial charge in [0.25, 0.3) is 5.91 Å². The Morgan fingerprint density at radius 1 is 0.935 bits per heavy atom. The number of nitrogens with one attached hydrogen (secondary N) is 1.